The Labute approximate surface area is 195 Å². The van der Waals surface area contributed by atoms with Gasteiger partial charge in [0, 0.05) is 37.4 Å². The summed E-state index contributed by atoms with van der Waals surface area (Å²) in [7, 11) is 0. The largest absolute Gasteiger partial charge is 0.363 e. The number of likely N-dealkylation sites (tertiary alicyclic amines) is 1. The summed E-state index contributed by atoms with van der Waals surface area (Å²) in [5, 5.41) is 6.39. The molecule has 2 N–H and O–H groups in total. The molecule has 1 saturated heterocycles. The SMILES string of the molecule is C=CC(=O)N1CCCC(Nc2nc(Nc3ccc4c(c3)CN(C(C)C)CCC4)ncc2F)C1. The van der Waals surface area contributed by atoms with E-state index < -0.39 is 5.82 Å². The van der Waals surface area contributed by atoms with E-state index in [9.17, 15) is 9.18 Å². The van der Waals surface area contributed by atoms with Crippen molar-refractivity contribution in [1.82, 2.24) is 19.8 Å². The van der Waals surface area contributed by atoms with Crippen LogP contribution < -0.4 is 10.6 Å². The number of amides is 1. The predicted octanol–water partition coefficient (Wildman–Crippen LogP) is 4.10. The maximum Gasteiger partial charge on any atom is 0.246 e. The molecule has 4 rings (SSSR count). The van der Waals surface area contributed by atoms with E-state index in [-0.39, 0.29) is 17.8 Å². The number of benzene rings is 1. The number of nitrogens with zero attached hydrogens (tertiary/aromatic N) is 4. The quantitative estimate of drug-likeness (QED) is 0.643. The Bertz CT molecular complexity index is 1010. The van der Waals surface area contributed by atoms with Gasteiger partial charge in [-0.15, -0.1) is 0 Å². The Morgan fingerprint density at radius 3 is 2.91 bits per heavy atom. The van der Waals surface area contributed by atoms with Crippen molar-refractivity contribution in [2.45, 2.75) is 58.2 Å². The summed E-state index contributed by atoms with van der Waals surface area (Å²) in [6, 6.07) is 6.77. The molecular formula is C25H33FN6O. The number of carbonyl (C=O) groups excluding carboxylic acids is 1. The Morgan fingerprint density at radius 1 is 1.27 bits per heavy atom. The smallest absolute Gasteiger partial charge is 0.246 e. The number of hydrogen-bond acceptors (Lipinski definition) is 6. The van der Waals surface area contributed by atoms with Crippen molar-refractivity contribution in [3.8, 4) is 0 Å². The standard InChI is InChI=1S/C25H33FN6O/c1-4-23(33)32-12-6-8-21(16-32)28-24-22(26)14-27-25(30-24)29-20-10-9-18-7-5-11-31(17(2)3)15-19(18)13-20/h4,9-10,13-14,17,21H,1,5-8,11-12,15-16H2,2-3H3,(H2,27,28,29,30). The Morgan fingerprint density at radius 2 is 2.12 bits per heavy atom. The van der Waals surface area contributed by atoms with Crippen molar-refractivity contribution >= 4 is 23.4 Å². The minimum absolute atomic E-state index is 0.0746. The zero-order chi connectivity index (χ0) is 23.4. The van der Waals surface area contributed by atoms with Crippen LogP contribution in [-0.4, -0.2) is 57.4 Å². The molecule has 2 aliphatic heterocycles. The van der Waals surface area contributed by atoms with Crippen LogP contribution >= 0.6 is 0 Å². The van der Waals surface area contributed by atoms with Crippen molar-refractivity contribution in [3.63, 3.8) is 0 Å². The number of anilines is 3. The van der Waals surface area contributed by atoms with Crippen LogP contribution in [0.5, 0.6) is 0 Å². The van der Waals surface area contributed by atoms with Crippen LogP contribution in [0.25, 0.3) is 0 Å². The van der Waals surface area contributed by atoms with Crippen LogP contribution in [0, 0.1) is 5.82 Å². The Hall–Kier alpha value is -3.00. The summed E-state index contributed by atoms with van der Waals surface area (Å²) >= 11 is 0. The third kappa shape index (κ3) is 5.68. The average Bonchev–Trinajstić information content (AvgIpc) is 3.03. The highest BCUT2D eigenvalue weighted by molar-refractivity contribution is 5.87. The number of rotatable bonds is 6. The maximum absolute atomic E-state index is 14.5. The lowest BCUT2D eigenvalue weighted by Gasteiger charge is -2.32. The second-order valence-electron chi connectivity index (χ2n) is 9.14. The molecule has 2 aromatic rings. The van der Waals surface area contributed by atoms with Crippen molar-refractivity contribution < 1.29 is 9.18 Å². The number of halogens is 1. The molecule has 3 heterocycles. The Kier molecular flexibility index (Phi) is 7.23. The van der Waals surface area contributed by atoms with Gasteiger partial charge in [-0.25, -0.2) is 9.37 Å². The van der Waals surface area contributed by atoms with Crippen molar-refractivity contribution in [2.75, 3.05) is 30.3 Å². The topological polar surface area (TPSA) is 73.4 Å². The molecule has 0 radical (unpaired) electrons. The van der Waals surface area contributed by atoms with E-state index in [0.29, 0.717) is 25.1 Å². The van der Waals surface area contributed by atoms with Gasteiger partial charge in [0.2, 0.25) is 11.9 Å². The van der Waals surface area contributed by atoms with Crippen LogP contribution in [0.2, 0.25) is 0 Å². The fraction of sp³-hybridized carbons (Fsp3) is 0.480. The zero-order valence-corrected chi connectivity index (χ0v) is 19.5. The molecule has 33 heavy (non-hydrogen) atoms. The second-order valence-corrected chi connectivity index (χ2v) is 9.14. The molecule has 1 amide bonds. The summed E-state index contributed by atoms with van der Waals surface area (Å²) in [5.41, 5.74) is 3.57. The number of nitrogens with one attached hydrogen (secondary N) is 2. The average molecular weight is 453 g/mol. The van der Waals surface area contributed by atoms with Gasteiger partial charge in [-0.3, -0.25) is 9.69 Å². The molecule has 7 nitrogen and oxygen atoms in total. The first-order valence-electron chi connectivity index (χ1n) is 11.8. The number of aromatic nitrogens is 2. The van der Waals surface area contributed by atoms with Crippen LogP contribution in [0.3, 0.4) is 0 Å². The lowest BCUT2D eigenvalue weighted by atomic mass is 10.0. The molecular weight excluding hydrogens is 419 g/mol. The fourth-order valence-corrected chi connectivity index (χ4v) is 4.58. The van der Waals surface area contributed by atoms with Gasteiger partial charge in [0.25, 0.3) is 0 Å². The number of aryl methyl sites for hydroxylation is 1. The minimum Gasteiger partial charge on any atom is -0.363 e. The van der Waals surface area contributed by atoms with E-state index in [0.717, 1.165) is 44.5 Å². The van der Waals surface area contributed by atoms with Crippen LogP contribution in [-0.2, 0) is 17.8 Å². The van der Waals surface area contributed by atoms with Gasteiger partial charge >= 0.3 is 0 Å². The lowest BCUT2D eigenvalue weighted by Crippen LogP contribution is -2.44. The van der Waals surface area contributed by atoms with Crippen LogP contribution in [0.4, 0.5) is 21.8 Å². The molecule has 2 aliphatic rings. The Balaban J connectivity index is 1.47. The maximum atomic E-state index is 14.5. The minimum atomic E-state index is -0.512. The summed E-state index contributed by atoms with van der Waals surface area (Å²) in [5.74, 6) is -0.136. The van der Waals surface area contributed by atoms with Crippen molar-refractivity contribution in [1.29, 1.82) is 0 Å². The lowest BCUT2D eigenvalue weighted by molar-refractivity contribution is -0.127. The normalized spacial score (nSPS) is 19.0. The first-order chi connectivity index (χ1) is 15.9. The van der Waals surface area contributed by atoms with E-state index in [2.05, 4.69) is 58.1 Å². The summed E-state index contributed by atoms with van der Waals surface area (Å²) < 4.78 is 14.5. The highest BCUT2D eigenvalue weighted by Crippen LogP contribution is 2.25. The second kappa shape index (κ2) is 10.3. The number of fused-ring (bicyclic) bond motifs is 1. The third-order valence-corrected chi connectivity index (χ3v) is 6.45. The third-order valence-electron chi connectivity index (χ3n) is 6.45. The van der Waals surface area contributed by atoms with E-state index in [1.165, 1.54) is 23.4 Å². The highest BCUT2D eigenvalue weighted by atomic mass is 19.1. The van der Waals surface area contributed by atoms with Gasteiger partial charge < -0.3 is 15.5 Å². The van der Waals surface area contributed by atoms with Crippen LogP contribution in [0.1, 0.15) is 44.2 Å². The van der Waals surface area contributed by atoms with Gasteiger partial charge in [-0.2, -0.15) is 4.98 Å². The predicted molar refractivity (Wildman–Crippen MR) is 129 cm³/mol. The molecule has 0 spiro atoms. The van der Waals surface area contributed by atoms with Crippen molar-refractivity contribution in [2.24, 2.45) is 0 Å². The van der Waals surface area contributed by atoms with Crippen LogP contribution in [0.15, 0.2) is 37.1 Å². The molecule has 0 saturated carbocycles. The summed E-state index contributed by atoms with van der Waals surface area (Å²) in [6.45, 7) is 11.2. The monoisotopic (exact) mass is 452 g/mol. The molecule has 1 fully saturated rings. The molecule has 0 bridgehead atoms. The highest BCUT2D eigenvalue weighted by Gasteiger charge is 2.23. The van der Waals surface area contributed by atoms with Gasteiger partial charge in [0.1, 0.15) is 0 Å². The fourth-order valence-electron chi connectivity index (χ4n) is 4.58. The molecule has 1 aromatic carbocycles. The van der Waals surface area contributed by atoms with Gasteiger partial charge in [0.15, 0.2) is 11.6 Å². The molecule has 1 aromatic heterocycles. The molecule has 1 unspecified atom stereocenters. The van der Waals surface area contributed by atoms with Gasteiger partial charge in [0.05, 0.1) is 6.20 Å². The first kappa shape index (κ1) is 23.2. The van der Waals surface area contributed by atoms with Gasteiger partial charge in [-0.1, -0.05) is 12.6 Å². The number of carbonyl (C=O) groups is 1. The van der Waals surface area contributed by atoms with Gasteiger partial charge in [-0.05, 0) is 75.4 Å². The molecule has 1 atom stereocenters. The van der Waals surface area contributed by atoms with E-state index in [1.807, 2.05) is 6.07 Å². The first-order valence-corrected chi connectivity index (χ1v) is 11.8. The molecule has 8 heteroatoms. The van der Waals surface area contributed by atoms with E-state index >= 15 is 0 Å². The summed E-state index contributed by atoms with van der Waals surface area (Å²) in [4.78, 5) is 24.7. The van der Waals surface area contributed by atoms with E-state index in [4.69, 9.17) is 0 Å². The van der Waals surface area contributed by atoms with E-state index in [1.54, 1.807) is 4.90 Å². The zero-order valence-electron chi connectivity index (χ0n) is 19.5. The summed E-state index contributed by atoms with van der Waals surface area (Å²) in [6.07, 6.45) is 6.41. The number of piperidine rings is 1. The number of hydrogen-bond donors (Lipinski definition) is 2. The molecule has 0 aliphatic carbocycles. The van der Waals surface area contributed by atoms with Crippen molar-refractivity contribution in [3.05, 3.63) is 54.0 Å². The molecule has 176 valence electrons.